The van der Waals surface area contributed by atoms with Gasteiger partial charge in [-0.05, 0) is 43.2 Å². The van der Waals surface area contributed by atoms with Gasteiger partial charge in [0.1, 0.15) is 12.7 Å². The molecular weight excluding hydrogens is 386 g/mol. The van der Waals surface area contributed by atoms with Crippen molar-refractivity contribution in [1.82, 2.24) is 34.9 Å². The molecule has 1 saturated heterocycles. The Balaban J connectivity index is 1.19. The minimum absolute atomic E-state index is 0.0144. The molecule has 0 unspecified atom stereocenters. The van der Waals surface area contributed by atoms with Crippen LogP contribution in [0.15, 0.2) is 47.8 Å². The van der Waals surface area contributed by atoms with E-state index >= 15 is 0 Å². The van der Waals surface area contributed by atoms with Crippen molar-refractivity contribution in [2.75, 3.05) is 23.3 Å². The molecular formula is C19H19N9O2. The maximum atomic E-state index is 12.7. The normalized spacial score (nSPS) is 14.9. The molecule has 4 aromatic rings. The third-order valence-corrected chi connectivity index (χ3v) is 5.26. The summed E-state index contributed by atoms with van der Waals surface area (Å²) in [6.07, 6.45) is 4.46. The van der Waals surface area contributed by atoms with Gasteiger partial charge in [0, 0.05) is 24.7 Å². The number of H-pyrrole nitrogens is 2. The predicted octanol–water partition coefficient (Wildman–Crippen LogP) is 1.08. The van der Waals surface area contributed by atoms with E-state index in [0.29, 0.717) is 22.5 Å². The maximum absolute atomic E-state index is 12.7. The van der Waals surface area contributed by atoms with Gasteiger partial charge in [0.2, 0.25) is 5.91 Å². The fraction of sp³-hybridized carbons (Fsp3) is 0.263. The number of rotatable bonds is 4. The molecule has 11 nitrogen and oxygen atoms in total. The molecule has 1 amide bonds. The van der Waals surface area contributed by atoms with E-state index in [0.717, 1.165) is 31.7 Å². The van der Waals surface area contributed by atoms with Crippen molar-refractivity contribution in [3.63, 3.8) is 0 Å². The molecule has 0 atom stereocenters. The fourth-order valence-corrected chi connectivity index (χ4v) is 3.66. The number of carbonyl (C=O) groups is 1. The molecule has 1 fully saturated rings. The largest absolute Gasteiger partial charge is 0.355 e. The molecule has 5 rings (SSSR count). The van der Waals surface area contributed by atoms with Crippen LogP contribution in [0, 0.1) is 5.92 Å². The highest BCUT2D eigenvalue weighted by Crippen LogP contribution is 2.24. The van der Waals surface area contributed by atoms with Crippen LogP contribution < -0.4 is 15.9 Å². The Bertz CT molecular complexity index is 1220. The van der Waals surface area contributed by atoms with Gasteiger partial charge in [0.15, 0.2) is 11.6 Å². The number of nitrogens with one attached hydrogen (secondary N) is 3. The highest BCUT2D eigenvalue weighted by Gasteiger charge is 2.26. The summed E-state index contributed by atoms with van der Waals surface area (Å²) in [5, 5.41) is 15.5. The Hall–Kier alpha value is -4.02. The Morgan fingerprint density at radius 1 is 1.03 bits per heavy atom. The molecule has 3 aromatic heterocycles. The smallest absolute Gasteiger partial charge is 0.323 e. The summed E-state index contributed by atoms with van der Waals surface area (Å²) < 4.78 is 1.55. The lowest BCUT2D eigenvalue weighted by Gasteiger charge is -2.31. The van der Waals surface area contributed by atoms with Crippen LogP contribution in [-0.2, 0) is 4.79 Å². The Kier molecular flexibility index (Phi) is 4.46. The van der Waals surface area contributed by atoms with Crippen LogP contribution >= 0.6 is 0 Å². The van der Waals surface area contributed by atoms with Crippen molar-refractivity contribution >= 4 is 28.4 Å². The summed E-state index contributed by atoms with van der Waals surface area (Å²) in [5.74, 6) is 1.29. The molecule has 4 heterocycles. The molecule has 0 spiro atoms. The summed E-state index contributed by atoms with van der Waals surface area (Å²) >= 11 is 0. The first kappa shape index (κ1) is 18.0. The number of imidazole rings is 1. The number of benzene rings is 1. The molecule has 11 heteroatoms. The number of hydrogen-bond acceptors (Lipinski definition) is 7. The zero-order valence-electron chi connectivity index (χ0n) is 15.9. The van der Waals surface area contributed by atoms with E-state index < -0.39 is 0 Å². The summed E-state index contributed by atoms with van der Waals surface area (Å²) in [6.45, 7) is 1.44. The van der Waals surface area contributed by atoms with E-state index in [-0.39, 0.29) is 17.5 Å². The number of carbonyl (C=O) groups excluding carboxylic acids is 1. The number of nitrogens with zero attached hydrogens (tertiary/aromatic N) is 6. The molecule has 0 bridgehead atoms. The standard InChI is InChI=1S/C19H19N9O2/c29-18(22-13-1-2-14-15(9-13)24-19(30)23-14)12-5-7-27(8-6-12)16-3-4-17(26-25-16)28-11-20-10-21-28/h1-4,9-12H,5-8H2,(H,22,29)(H2,23,24,30). The second-order valence-corrected chi connectivity index (χ2v) is 7.18. The van der Waals surface area contributed by atoms with Crippen molar-refractivity contribution in [2.24, 2.45) is 5.92 Å². The molecule has 1 aliphatic heterocycles. The molecule has 3 N–H and O–H groups in total. The maximum Gasteiger partial charge on any atom is 0.323 e. The van der Waals surface area contributed by atoms with Gasteiger partial charge in [-0.1, -0.05) is 0 Å². The van der Waals surface area contributed by atoms with Gasteiger partial charge in [-0.2, -0.15) is 5.10 Å². The lowest BCUT2D eigenvalue weighted by molar-refractivity contribution is -0.120. The Morgan fingerprint density at radius 3 is 2.53 bits per heavy atom. The van der Waals surface area contributed by atoms with E-state index in [1.54, 1.807) is 29.2 Å². The topological polar surface area (TPSA) is 137 Å². The van der Waals surface area contributed by atoms with Gasteiger partial charge in [-0.3, -0.25) is 4.79 Å². The monoisotopic (exact) mass is 405 g/mol. The first-order valence-corrected chi connectivity index (χ1v) is 9.62. The first-order chi connectivity index (χ1) is 14.7. The van der Waals surface area contributed by atoms with Crippen LogP contribution in [-0.4, -0.2) is 53.9 Å². The van der Waals surface area contributed by atoms with Crippen LogP contribution in [0.3, 0.4) is 0 Å². The molecule has 30 heavy (non-hydrogen) atoms. The van der Waals surface area contributed by atoms with Gasteiger partial charge >= 0.3 is 5.69 Å². The number of aromatic nitrogens is 7. The minimum Gasteiger partial charge on any atom is -0.355 e. The van der Waals surface area contributed by atoms with Crippen molar-refractivity contribution < 1.29 is 4.79 Å². The van der Waals surface area contributed by atoms with Crippen molar-refractivity contribution in [2.45, 2.75) is 12.8 Å². The lowest BCUT2D eigenvalue weighted by Crippen LogP contribution is -2.38. The molecule has 0 aliphatic carbocycles. The zero-order valence-corrected chi connectivity index (χ0v) is 15.9. The van der Waals surface area contributed by atoms with Crippen LogP contribution in [0.25, 0.3) is 16.9 Å². The quantitative estimate of drug-likeness (QED) is 0.462. The Morgan fingerprint density at radius 2 is 1.80 bits per heavy atom. The third kappa shape index (κ3) is 3.52. The second-order valence-electron chi connectivity index (χ2n) is 7.18. The van der Waals surface area contributed by atoms with Gasteiger partial charge in [-0.25, -0.2) is 14.5 Å². The number of anilines is 2. The van der Waals surface area contributed by atoms with Crippen LogP contribution in [0.1, 0.15) is 12.8 Å². The fourth-order valence-electron chi connectivity index (χ4n) is 3.66. The molecule has 0 radical (unpaired) electrons. The van der Waals surface area contributed by atoms with Gasteiger partial charge in [0.05, 0.1) is 11.0 Å². The first-order valence-electron chi connectivity index (χ1n) is 9.62. The summed E-state index contributed by atoms with van der Waals surface area (Å²) in [5.41, 5.74) is 1.78. The van der Waals surface area contributed by atoms with Gasteiger partial charge in [0.25, 0.3) is 0 Å². The van der Waals surface area contributed by atoms with E-state index in [4.69, 9.17) is 0 Å². The van der Waals surface area contributed by atoms with Crippen LogP contribution in [0.2, 0.25) is 0 Å². The third-order valence-electron chi connectivity index (χ3n) is 5.26. The zero-order chi connectivity index (χ0) is 20.5. The minimum atomic E-state index is -0.265. The van der Waals surface area contributed by atoms with E-state index in [1.165, 1.54) is 6.33 Å². The van der Waals surface area contributed by atoms with E-state index in [9.17, 15) is 9.59 Å². The highest BCUT2D eigenvalue weighted by atomic mass is 16.2. The van der Waals surface area contributed by atoms with Crippen molar-refractivity contribution in [1.29, 1.82) is 0 Å². The average molecular weight is 405 g/mol. The number of aromatic amines is 2. The molecule has 152 valence electrons. The van der Waals surface area contributed by atoms with Crippen LogP contribution in [0.4, 0.5) is 11.5 Å². The molecule has 1 aliphatic rings. The second kappa shape index (κ2) is 7.43. The van der Waals surface area contributed by atoms with E-state index in [2.05, 4.69) is 40.5 Å². The summed E-state index contributed by atoms with van der Waals surface area (Å²) in [6, 6.07) is 9.06. The van der Waals surface area contributed by atoms with Crippen LogP contribution in [0.5, 0.6) is 0 Å². The summed E-state index contributed by atoms with van der Waals surface area (Å²) in [4.78, 5) is 35.5. The predicted molar refractivity (Wildman–Crippen MR) is 109 cm³/mol. The summed E-state index contributed by atoms with van der Waals surface area (Å²) in [7, 11) is 0. The average Bonchev–Trinajstić information content (AvgIpc) is 3.43. The molecule has 0 saturated carbocycles. The highest BCUT2D eigenvalue weighted by molar-refractivity contribution is 5.94. The SMILES string of the molecule is O=C(Nc1ccc2[nH]c(=O)[nH]c2c1)C1CCN(c2ccc(-n3cncn3)nn2)CC1. The Labute approximate surface area is 170 Å². The number of piperidine rings is 1. The number of fused-ring (bicyclic) bond motifs is 1. The van der Waals surface area contributed by atoms with E-state index in [1.807, 2.05) is 12.1 Å². The van der Waals surface area contributed by atoms with Crippen molar-refractivity contribution in [3.05, 3.63) is 53.5 Å². The number of amides is 1. The lowest BCUT2D eigenvalue weighted by atomic mass is 9.96. The molecule has 1 aromatic carbocycles. The van der Waals surface area contributed by atoms with Gasteiger partial charge in [-0.15, -0.1) is 10.2 Å². The van der Waals surface area contributed by atoms with Gasteiger partial charge < -0.3 is 20.2 Å². The number of hydrogen-bond donors (Lipinski definition) is 3. The van der Waals surface area contributed by atoms with Crippen molar-refractivity contribution in [3.8, 4) is 5.82 Å².